The van der Waals surface area contributed by atoms with Crippen LogP contribution in [0.2, 0.25) is 10.0 Å². The molecule has 3 atom stereocenters. The highest BCUT2D eigenvalue weighted by molar-refractivity contribution is 6.42. The first-order chi connectivity index (χ1) is 8.75. The van der Waals surface area contributed by atoms with Crippen LogP contribution in [0.25, 0.3) is 6.08 Å². The Morgan fingerprint density at radius 2 is 2.11 bits per heavy atom. The number of halogens is 2. The van der Waals surface area contributed by atoms with Gasteiger partial charge in [0.05, 0.1) is 10.0 Å². The van der Waals surface area contributed by atoms with Gasteiger partial charge in [0.15, 0.2) is 0 Å². The molecule has 0 radical (unpaired) electrons. The molecule has 1 N–H and O–H groups in total. The highest BCUT2D eigenvalue weighted by atomic mass is 35.5. The van der Waals surface area contributed by atoms with Crippen LogP contribution in [0.5, 0.6) is 0 Å². The summed E-state index contributed by atoms with van der Waals surface area (Å²) in [6.07, 6.45) is 8.50. The van der Waals surface area contributed by atoms with Gasteiger partial charge in [-0.25, -0.2) is 0 Å². The maximum absolute atomic E-state index is 6.19. The predicted octanol–water partition coefficient (Wildman–Crippen LogP) is 4.39. The smallest absolute Gasteiger partial charge is 0.0664 e. The standard InChI is InChI=1S/C15H17Cl2N/c16-13-6-2-3-10(15(13)17)7-8-14-12-5-1-4-11(12)9-18-14/h2-3,6-8,11-12,14,18H,1,4-5,9H2/b8-7+. The van der Waals surface area contributed by atoms with Gasteiger partial charge in [-0.05, 0) is 42.9 Å². The maximum atomic E-state index is 6.19. The minimum absolute atomic E-state index is 0.507. The Hall–Kier alpha value is -0.500. The summed E-state index contributed by atoms with van der Waals surface area (Å²) in [5, 5.41) is 4.87. The molecule has 1 aromatic carbocycles. The van der Waals surface area contributed by atoms with E-state index in [1.807, 2.05) is 18.2 Å². The lowest BCUT2D eigenvalue weighted by Crippen LogP contribution is -2.23. The second-order valence-corrected chi connectivity index (χ2v) is 6.08. The Bertz CT molecular complexity index is 470. The number of hydrogen-bond acceptors (Lipinski definition) is 1. The lowest BCUT2D eigenvalue weighted by molar-refractivity contribution is 0.456. The van der Waals surface area contributed by atoms with Crippen molar-refractivity contribution in [1.82, 2.24) is 5.32 Å². The minimum Gasteiger partial charge on any atom is -0.310 e. The largest absolute Gasteiger partial charge is 0.310 e. The highest BCUT2D eigenvalue weighted by Gasteiger charge is 2.37. The molecule has 1 aliphatic heterocycles. The highest BCUT2D eigenvalue weighted by Crippen LogP contribution is 2.38. The van der Waals surface area contributed by atoms with Crippen LogP contribution in [0.4, 0.5) is 0 Å². The quantitative estimate of drug-likeness (QED) is 0.848. The summed E-state index contributed by atoms with van der Waals surface area (Å²) in [4.78, 5) is 0. The third-order valence-corrected chi connectivity index (χ3v) is 5.09. The van der Waals surface area contributed by atoms with E-state index in [4.69, 9.17) is 23.2 Å². The lowest BCUT2D eigenvalue weighted by Gasteiger charge is -2.13. The topological polar surface area (TPSA) is 12.0 Å². The van der Waals surface area contributed by atoms with E-state index < -0.39 is 0 Å². The van der Waals surface area contributed by atoms with Gasteiger partial charge in [-0.2, -0.15) is 0 Å². The van der Waals surface area contributed by atoms with Gasteiger partial charge in [0.1, 0.15) is 0 Å². The number of benzene rings is 1. The zero-order valence-electron chi connectivity index (χ0n) is 10.2. The molecule has 2 fully saturated rings. The molecule has 2 aliphatic rings. The third-order valence-electron chi connectivity index (χ3n) is 4.26. The van der Waals surface area contributed by atoms with Crippen LogP contribution in [-0.2, 0) is 0 Å². The van der Waals surface area contributed by atoms with Crippen LogP contribution < -0.4 is 5.32 Å². The second kappa shape index (κ2) is 5.24. The molecule has 1 aromatic rings. The molecule has 3 heteroatoms. The van der Waals surface area contributed by atoms with Crippen molar-refractivity contribution in [3.05, 3.63) is 39.9 Å². The summed E-state index contributed by atoms with van der Waals surface area (Å²) < 4.78 is 0. The summed E-state index contributed by atoms with van der Waals surface area (Å²) in [7, 11) is 0. The van der Waals surface area contributed by atoms with E-state index in [2.05, 4.69) is 17.5 Å². The summed E-state index contributed by atoms with van der Waals surface area (Å²) in [5.74, 6) is 1.70. The van der Waals surface area contributed by atoms with Crippen molar-refractivity contribution in [2.75, 3.05) is 6.54 Å². The number of rotatable bonds is 2. The first-order valence-corrected chi connectivity index (χ1v) is 7.37. The molecule has 0 amide bonds. The summed E-state index contributed by atoms with van der Waals surface area (Å²) >= 11 is 12.2. The molecule has 1 aliphatic carbocycles. The molecule has 1 saturated carbocycles. The molecular weight excluding hydrogens is 265 g/mol. The van der Waals surface area contributed by atoms with Crippen molar-refractivity contribution in [2.45, 2.75) is 25.3 Å². The minimum atomic E-state index is 0.507. The lowest BCUT2D eigenvalue weighted by atomic mass is 9.93. The molecular formula is C15H17Cl2N. The van der Waals surface area contributed by atoms with Gasteiger partial charge >= 0.3 is 0 Å². The van der Waals surface area contributed by atoms with Gasteiger partial charge in [-0.15, -0.1) is 0 Å². The van der Waals surface area contributed by atoms with E-state index in [1.165, 1.54) is 25.8 Å². The Kier molecular flexibility index (Phi) is 3.65. The molecule has 18 heavy (non-hydrogen) atoms. The fourth-order valence-corrected chi connectivity index (χ4v) is 3.67. The van der Waals surface area contributed by atoms with Crippen LogP contribution in [0.15, 0.2) is 24.3 Å². The number of fused-ring (bicyclic) bond motifs is 1. The van der Waals surface area contributed by atoms with Crippen molar-refractivity contribution in [3.63, 3.8) is 0 Å². The second-order valence-electron chi connectivity index (χ2n) is 5.29. The Labute approximate surface area is 118 Å². The molecule has 0 bridgehead atoms. The molecule has 0 spiro atoms. The summed E-state index contributed by atoms with van der Waals surface area (Å²) in [6.45, 7) is 1.17. The predicted molar refractivity (Wildman–Crippen MR) is 78.1 cm³/mol. The van der Waals surface area contributed by atoms with Crippen molar-refractivity contribution in [1.29, 1.82) is 0 Å². The fraction of sp³-hybridized carbons (Fsp3) is 0.467. The van der Waals surface area contributed by atoms with Crippen LogP contribution in [0.1, 0.15) is 24.8 Å². The van der Waals surface area contributed by atoms with E-state index in [1.54, 1.807) is 0 Å². The molecule has 0 aromatic heterocycles. The van der Waals surface area contributed by atoms with Crippen molar-refractivity contribution < 1.29 is 0 Å². The number of hydrogen-bond donors (Lipinski definition) is 1. The average Bonchev–Trinajstić information content (AvgIpc) is 2.94. The van der Waals surface area contributed by atoms with E-state index in [-0.39, 0.29) is 0 Å². The van der Waals surface area contributed by atoms with E-state index in [0.717, 1.165) is 17.4 Å². The van der Waals surface area contributed by atoms with Crippen LogP contribution in [-0.4, -0.2) is 12.6 Å². The van der Waals surface area contributed by atoms with Gasteiger partial charge in [0.2, 0.25) is 0 Å². The van der Waals surface area contributed by atoms with Crippen LogP contribution in [0, 0.1) is 11.8 Å². The normalized spacial score (nSPS) is 31.1. The molecule has 96 valence electrons. The molecule has 1 heterocycles. The van der Waals surface area contributed by atoms with Crippen molar-refractivity contribution in [2.24, 2.45) is 11.8 Å². The van der Waals surface area contributed by atoms with E-state index >= 15 is 0 Å². The Morgan fingerprint density at radius 3 is 3.00 bits per heavy atom. The Balaban J connectivity index is 1.76. The number of nitrogens with one attached hydrogen (secondary N) is 1. The van der Waals surface area contributed by atoms with E-state index in [0.29, 0.717) is 16.1 Å². The Morgan fingerprint density at radius 1 is 1.22 bits per heavy atom. The maximum Gasteiger partial charge on any atom is 0.0664 e. The first-order valence-electron chi connectivity index (χ1n) is 6.61. The van der Waals surface area contributed by atoms with Crippen LogP contribution >= 0.6 is 23.2 Å². The molecule has 3 rings (SSSR count). The van der Waals surface area contributed by atoms with Crippen LogP contribution in [0.3, 0.4) is 0 Å². The van der Waals surface area contributed by atoms with Crippen molar-refractivity contribution in [3.8, 4) is 0 Å². The first kappa shape index (κ1) is 12.5. The van der Waals surface area contributed by atoms with Crippen molar-refractivity contribution >= 4 is 29.3 Å². The summed E-state index contributed by atoms with van der Waals surface area (Å²) in [5.41, 5.74) is 1.01. The van der Waals surface area contributed by atoms with Gasteiger partial charge in [0.25, 0.3) is 0 Å². The van der Waals surface area contributed by atoms with Gasteiger partial charge in [-0.3, -0.25) is 0 Å². The molecule has 3 unspecified atom stereocenters. The monoisotopic (exact) mass is 281 g/mol. The van der Waals surface area contributed by atoms with E-state index in [9.17, 15) is 0 Å². The SMILES string of the molecule is Clc1cccc(/C=C/C2NCC3CCCC32)c1Cl. The van der Waals surface area contributed by atoms with Gasteiger partial charge in [0, 0.05) is 6.04 Å². The zero-order chi connectivity index (χ0) is 12.5. The summed E-state index contributed by atoms with van der Waals surface area (Å²) in [6, 6.07) is 6.27. The molecule has 1 saturated heterocycles. The molecule has 1 nitrogen and oxygen atoms in total. The average molecular weight is 282 g/mol. The fourth-order valence-electron chi connectivity index (χ4n) is 3.30. The van der Waals surface area contributed by atoms with Gasteiger partial charge < -0.3 is 5.32 Å². The van der Waals surface area contributed by atoms with Gasteiger partial charge in [-0.1, -0.05) is 53.9 Å². The zero-order valence-corrected chi connectivity index (χ0v) is 11.7. The third kappa shape index (κ3) is 2.32.